The van der Waals surface area contributed by atoms with E-state index < -0.39 is 21.9 Å². The molecule has 0 saturated heterocycles. The van der Waals surface area contributed by atoms with E-state index in [0.29, 0.717) is 48.5 Å². The van der Waals surface area contributed by atoms with E-state index in [-0.39, 0.29) is 29.9 Å². The molecule has 0 bridgehead atoms. The third kappa shape index (κ3) is 6.46. The van der Waals surface area contributed by atoms with E-state index in [2.05, 4.69) is 4.72 Å². The molecular weight excluding hydrogens is 471 g/mol. The first-order chi connectivity index (χ1) is 16.7. The Morgan fingerprint density at radius 2 is 1.74 bits per heavy atom. The Labute approximate surface area is 205 Å². The Hall–Kier alpha value is -2.78. The van der Waals surface area contributed by atoms with Gasteiger partial charge in [0.15, 0.2) is 11.6 Å². The lowest BCUT2D eigenvalue weighted by atomic mass is 10.1. The average molecular weight is 503 g/mol. The Bertz CT molecular complexity index is 1160. The van der Waals surface area contributed by atoms with Gasteiger partial charge < -0.3 is 4.74 Å². The van der Waals surface area contributed by atoms with Crippen molar-refractivity contribution in [2.24, 2.45) is 5.92 Å². The van der Waals surface area contributed by atoms with Gasteiger partial charge in [-0.3, -0.25) is 14.5 Å². The van der Waals surface area contributed by atoms with Gasteiger partial charge in [-0.2, -0.15) is 0 Å². The van der Waals surface area contributed by atoms with Crippen molar-refractivity contribution < 1.29 is 27.1 Å². The van der Waals surface area contributed by atoms with E-state index in [1.165, 1.54) is 23.8 Å². The second-order valence-corrected chi connectivity index (χ2v) is 11.2. The van der Waals surface area contributed by atoms with Gasteiger partial charge >= 0.3 is 0 Å². The lowest BCUT2D eigenvalue weighted by molar-refractivity contribution is 0.0651. The molecule has 0 aromatic heterocycles. The summed E-state index contributed by atoms with van der Waals surface area (Å²) in [6, 6.07) is 10.6. The van der Waals surface area contributed by atoms with Crippen molar-refractivity contribution in [2.75, 3.05) is 18.9 Å². The highest BCUT2D eigenvalue weighted by Gasteiger charge is 2.34. The molecule has 2 aromatic carbocycles. The lowest BCUT2D eigenvalue weighted by Gasteiger charge is -2.17. The van der Waals surface area contributed by atoms with E-state index in [4.69, 9.17) is 4.74 Å². The molecular formula is C26H31FN2O5S. The maximum absolute atomic E-state index is 14.1. The van der Waals surface area contributed by atoms with Gasteiger partial charge in [0.2, 0.25) is 10.0 Å². The summed E-state index contributed by atoms with van der Waals surface area (Å²) in [5.74, 6) is -0.321. The molecule has 35 heavy (non-hydrogen) atoms. The van der Waals surface area contributed by atoms with E-state index in [9.17, 15) is 22.4 Å². The summed E-state index contributed by atoms with van der Waals surface area (Å²) >= 11 is 0. The molecule has 1 fully saturated rings. The summed E-state index contributed by atoms with van der Waals surface area (Å²) in [6.45, 7) is 2.42. The summed E-state index contributed by atoms with van der Waals surface area (Å²) < 4.78 is 47.4. The van der Waals surface area contributed by atoms with Crippen LogP contribution in [0.1, 0.15) is 77.8 Å². The molecule has 1 aliphatic carbocycles. The molecule has 1 atom stereocenters. The smallest absolute Gasteiger partial charge is 0.261 e. The van der Waals surface area contributed by atoms with Crippen LogP contribution in [0.15, 0.2) is 42.5 Å². The molecule has 7 nitrogen and oxygen atoms in total. The number of hydrogen-bond donors (Lipinski definition) is 1. The number of ether oxygens (including phenoxy) is 1. The largest absolute Gasteiger partial charge is 0.490 e. The lowest BCUT2D eigenvalue weighted by Crippen LogP contribution is -2.31. The monoisotopic (exact) mass is 502 g/mol. The number of carbonyl (C=O) groups excluding carboxylic acids is 2. The number of sulfonamides is 1. The molecule has 9 heteroatoms. The highest BCUT2D eigenvalue weighted by molar-refractivity contribution is 7.89. The summed E-state index contributed by atoms with van der Waals surface area (Å²) in [6.07, 6.45) is 4.78. The van der Waals surface area contributed by atoms with Crippen molar-refractivity contribution in [3.8, 4) is 5.75 Å². The van der Waals surface area contributed by atoms with Crippen molar-refractivity contribution in [3.05, 3.63) is 65.0 Å². The molecule has 1 saturated carbocycles. The summed E-state index contributed by atoms with van der Waals surface area (Å²) in [5.41, 5.74) is 1.45. The minimum Gasteiger partial charge on any atom is -0.490 e. The number of unbranched alkanes of at least 4 members (excludes halogenated alkanes) is 2. The molecule has 0 unspecified atom stereocenters. The normalized spacial score (nSPS) is 16.5. The predicted octanol–water partition coefficient (Wildman–Crippen LogP) is 4.45. The number of hydrogen-bond acceptors (Lipinski definition) is 5. The SMILES string of the molecule is C[C@H](NS(=O)(=O)CCCCCN1C(=O)c2ccccc2C1=O)c1ccc(F)c(OCCC2CC2)c1. The second-order valence-electron chi connectivity index (χ2n) is 9.30. The van der Waals surface area contributed by atoms with Crippen LogP contribution in [0.3, 0.4) is 0 Å². The zero-order chi connectivity index (χ0) is 25.0. The zero-order valence-electron chi connectivity index (χ0n) is 19.8. The number of fused-ring (bicyclic) bond motifs is 1. The summed E-state index contributed by atoms with van der Waals surface area (Å²) in [7, 11) is -3.57. The number of rotatable bonds is 13. The number of nitrogens with one attached hydrogen (secondary N) is 1. The average Bonchev–Trinajstić information content (AvgIpc) is 3.62. The van der Waals surface area contributed by atoms with Crippen LogP contribution in [0.2, 0.25) is 0 Å². The fourth-order valence-electron chi connectivity index (χ4n) is 4.22. The fourth-order valence-corrected chi connectivity index (χ4v) is 5.60. The van der Waals surface area contributed by atoms with Crippen LogP contribution in [0.25, 0.3) is 0 Å². The highest BCUT2D eigenvalue weighted by atomic mass is 32.2. The molecule has 1 heterocycles. The summed E-state index contributed by atoms with van der Waals surface area (Å²) in [5, 5.41) is 0. The highest BCUT2D eigenvalue weighted by Crippen LogP contribution is 2.32. The van der Waals surface area contributed by atoms with Crippen LogP contribution in [0, 0.1) is 11.7 Å². The van der Waals surface area contributed by atoms with Gasteiger partial charge in [0.25, 0.3) is 11.8 Å². The van der Waals surface area contributed by atoms with Crippen LogP contribution in [-0.4, -0.2) is 44.0 Å². The van der Waals surface area contributed by atoms with Crippen LogP contribution in [0.5, 0.6) is 5.75 Å². The van der Waals surface area contributed by atoms with E-state index in [1.54, 1.807) is 43.3 Å². The molecule has 2 aromatic rings. The van der Waals surface area contributed by atoms with Gasteiger partial charge in [0.05, 0.1) is 23.5 Å². The molecule has 1 N–H and O–H groups in total. The molecule has 0 spiro atoms. The fraction of sp³-hybridized carbons (Fsp3) is 0.462. The molecule has 2 aliphatic rings. The van der Waals surface area contributed by atoms with Gasteiger partial charge in [0.1, 0.15) is 0 Å². The van der Waals surface area contributed by atoms with Crippen LogP contribution < -0.4 is 9.46 Å². The van der Waals surface area contributed by atoms with Gasteiger partial charge in [-0.25, -0.2) is 17.5 Å². The molecule has 0 radical (unpaired) electrons. The van der Waals surface area contributed by atoms with Crippen molar-refractivity contribution in [1.29, 1.82) is 0 Å². The number of carbonyl (C=O) groups is 2. The molecule has 1 aliphatic heterocycles. The Morgan fingerprint density at radius 1 is 1.06 bits per heavy atom. The van der Waals surface area contributed by atoms with Crippen molar-refractivity contribution in [3.63, 3.8) is 0 Å². The summed E-state index contributed by atoms with van der Waals surface area (Å²) in [4.78, 5) is 26.0. The zero-order valence-corrected chi connectivity index (χ0v) is 20.7. The molecule has 2 amide bonds. The van der Waals surface area contributed by atoms with Gasteiger partial charge in [-0.05, 0) is 61.9 Å². The van der Waals surface area contributed by atoms with Crippen LogP contribution in [-0.2, 0) is 10.0 Å². The Morgan fingerprint density at radius 3 is 2.40 bits per heavy atom. The third-order valence-corrected chi connectivity index (χ3v) is 8.00. The van der Waals surface area contributed by atoms with Crippen molar-refractivity contribution >= 4 is 21.8 Å². The minimum atomic E-state index is -3.57. The Kier molecular flexibility index (Phi) is 7.86. The van der Waals surface area contributed by atoms with Crippen LogP contribution in [0.4, 0.5) is 4.39 Å². The van der Waals surface area contributed by atoms with E-state index in [0.717, 1.165) is 6.42 Å². The van der Waals surface area contributed by atoms with Gasteiger partial charge in [0, 0.05) is 12.6 Å². The van der Waals surface area contributed by atoms with Gasteiger partial charge in [-0.15, -0.1) is 0 Å². The van der Waals surface area contributed by atoms with Gasteiger partial charge in [-0.1, -0.05) is 37.5 Å². The first-order valence-corrected chi connectivity index (χ1v) is 13.8. The quantitative estimate of drug-likeness (QED) is 0.323. The number of nitrogens with zero attached hydrogens (tertiary/aromatic N) is 1. The van der Waals surface area contributed by atoms with E-state index in [1.807, 2.05) is 0 Å². The molecule has 188 valence electrons. The second kappa shape index (κ2) is 10.9. The maximum atomic E-state index is 14.1. The van der Waals surface area contributed by atoms with Crippen molar-refractivity contribution in [2.45, 2.75) is 51.5 Å². The maximum Gasteiger partial charge on any atom is 0.261 e. The molecule has 4 rings (SSSR count). The number of benzene rings is 2. The standard InChI is InChI=1S/C26H31FN2O5S/c1-18(20-11-12-23(27)24(17-20)34-15-13-19-9-10-19)28-35(32,33)16-6-2-5-14-29-25(30)21-7-3-4-8-22(21)26(29)31/h3-4,7-8,11-12,17-19,28H,2,5-6,9-10,13-16H2,1H3/t18-/m0/s1. The number of imide groups is 1. The number of amides is 2. The topological polar surface area (TPSA) is 92.8 Å². The Balaban J connectivity index is 1.21. The van der Waals surface area contributed by atoms with Crippen molar-refractivity contribution in [1.82, 2.24) is 9.62 Å². The van der Waals surface area contributed by atoms with Crippen LogP contribution >= 0.6 is 0 Å². The third-order valence-electron chi connectivity index (χ3n) is 6.47. The van der Waals surface area contributed by atoms with E-state index >= 15 is 0 Å². The number of halogens is 1. The first kappa shape index (κ1) is 25.3. The first-order valence-electron chi connectivity index (χ1n) is 12.1. The minimum absolute atomic E-state index is 0.0780. The predicted molar refractivity (Wildman–Crippen MR) is 130 cm³/mol.